The van der Waals surface area contributed by atoms with Gasteiger partial charge in [0.15, 0.2) is 0 Å². The smallest absolute Gasteiger partial charge is 0.406 e. The molecule has 2 nitrogen and oxygen atoms in total. The number of ether oxygens (including phenoxy) is 1. The Morgan fingerprint density at radius 2 is 1.89 bits per heavy atom. The van der Waals surface area contributed by atoms with Crippen molar-refractivity contribution in [1.82, 2.24) is 5.32 Å². The highest BCUT2D eigenvalue weighted by molar-refractivity contribution is 5.85. The number of benzene rings is 1. The highest BCUT2D eigenvalue weighted by atomic mass is 35.5. The lowest BCUT2D eigenvalue weighted by atomic mass is 9.91. The molecule has 1 fully saturated rings. The van der Waals surface area contributed by atoms with Gasteiger partial charge >= 0.3 is 6.36 Å². The summed E-state index contributed by atoms with van der Waals surface area (Å²) >= 11 is 0. The van der Waals surface area contributed by atoms with Crippen molar-refractivity contribution in [2.45, 2.75) is 38.1 Å². The number of rotatable bonds is 3. The van der Waals surface area contributed by atoms with Crippen molar-refractivity contribution in [1.29, 1.82) is 0 Å². The summed E-state index contributed by atoms with van der Waals surface area (Å²) in [5, 5.41) is 3.42. The first-order valence-electron chi connectivity index (χ1n) is 5.96. The molecule has 6 heteroatoms. The van der Waals surface area contributed by atoms with Gasteiger partial charge in [0.2, 0.25) is 0 Å². The van der Waals surface area contributed by atoms with E-state index in [9.17, 15) is 13.2 Å². The van der Waals surface area contributed by atoms with E-state index in [4.69, 9.17) is 0 Å². The molecular formula is C13H17ClF3NO. The fourth-order valence-corrected chi connectivity index (χ4v) is 2.37. The van der Waals surface area contributed by atoms with Crippen molar-refractivity contribution < 1.29 is 17.9 Å². The van der Waals surface area contributed by atoms with Crippen LogP contribution in [0, 0.1) is 0 Å². The zero-order chi connectivity index (χ0) is 13.2. The maximum absolute atomic E-state index is 12.0. The molecule has 0 saturated carbocycles. The molecule has 108 valence electrons. The molecular weight excluding hydrogens is 279 g/mol. The van der Waals surface area contributed by atoms with Crippen molar-refractivity contribution in [3.63, 3.8) is 0 Å². The summed E-state index contributed by atoms with van der Waals surface area (Å²) in [6.07, 6.45) is -1.57. The predicted molar refractivity (Wildman–Crippen MR) is 69.7 cm³/mol. The molecule has 1 atom stereocenters. The standard InChI is InChI=1S/C13H16F3NO.ClH/c1-12(7-2-8-17-12)9-10-3-5-11(6-4-10)18-13(14,15)16;/h3-6,17H,2,7-9H2,1H3;1H. The summed E-state index contributed by atoms with van der Waals surface area (Å²) in [5.74, 6) is -0.171. The predicted octanol–water partition coefficient (Wildman–Crippen LogP) is 3.69. The molecule has 0 amide bonds. The maximum atomic E-state index is 12.0. The van der Waals surface area contributed by atoms with E-state index < -0.39 is 6.36 Å². The van der Waals surface area contributed by atoms with Crippen LogP contribution in [0.5, 0.6) is 5.75 Å². The second-order valence-electron chi connectivity index (χ2n) is 4.96. The van der Waals surface area contributed by atoms with Crippen LogP contribution in [0.15, 0.2) is 24.3 Å². The van der Waals surface area contributed by atoms with Crippen LogP contribution in [0.25, 0.3) is 0 Å². The van der Waals surface area contributed by atoms with Gasteiger partial charge in [-0.3, -0.25) is 0 Å². The SMILES string of the molecule is CC1(Cc2ccc(OC(F)(F)F)cc2)CCCN1.Cl. The first kappa shape index (κ1) is 16.1. The summed E-state index contributed by atoms with van der Waals surface area (Å²) in [4.78, 5) is 0. The third-order valence-corrected chi connectivity index (χ3v) is 3.21. The largest absolute Gasteiger partial charge is 0.573 e. The number of halogens is 4. The van der Waals surface area contributed by atoms with Gasteiger partial charge in [-0.25, -0.2) is 0 Å². The Labute approximate surface area is 116 Å². The molecule has 0 spiro atoms. The Balaban J connectivity index is 0.00000180. The minimum Gasteiger partial charge on any atom is -0.406 e. The van der Waals surface area contributed by atoms with Gasteiger partial charge < -0.3 is 10.1 Å². The molecule has 1 aliphatic heterocycles. The Bertz CT molecular complexity index is 399. The van der Waals surface area contributed by atoms with Gasteiger partial charge in [0.25, 0.3) is 0 Å². The lowest BCUT2D eigenvalue weighted by Gasteiger charge is -2.24. The van der Waals surface area contributed by atoms with Crippen molar-refractivity contribution in [2.24, 2.45) is 0 Å². The average Bonchev–Trinajstić information content (AvgIpc) is 2.66. The second kappa shape index (κ2) is 6.01. The third-order valence-electron chi connectivity index (χ3n) is 3.21. The third kappa shape index (κ3) is 4.91. The van der Waals surface area contributed by atoms with Crippen molar-refractivity contribution in [2.75, 3.05) is 6.54 Å². The topological polar surface area (TPSA) is 21.3 Å². The molecule has 1 saturated heterocycles. The summed E-state index contributed by atoms with van der Waals surface area (Å²) in [5.41, 5.74) is 1.08. The Kier molecular flexibility index (Phi) is 5.10. The molecule has 2 rings (SSSR count). The number of hydrogen-bond donors (Lipinski definition) is 1. The van der Waals surface area contributed by atoms with Crippen LogP contribution < -0.4 is 10.1 Å². The van der Waals surface area contributed by atoms with Gasteiger partial charge in [-0.2, -0.15) is 0 Å². The quantitative estimate of drug-likeness (QED) is 0.918. The molecule has 0 radical (unpaired) electrons. The fraction of sp³-hybridized carbons (Fsp3) is 0.538. The summed E-state index contributed by atoms with van der Waals surface area (Å²) in [7, 11) is 0. The molecule has 19 heavy (non-hydrogen) atoms. The summed E-state index contributed by atoms with van der Waals surface area (Å²) < 4.78 is 39.8. The lowest BCUT2D eigenvalue weighted by Crippen LogP contribution is -2.38. The number of hydrogen-bond acceptors (Lipinski definition) is 2. The summed E-state index contributed by atoms with van der Waals surface area (Å²) in [6, 6.07) is 6.10. The van der Waals surface area contributed by atoms with Crippen LogP contribution in [0.3, 0.4) is 0 Å². The van der Waals surface area contributed by atoms with E-state index in [2.05, 4.69) is 17.0 Å². The van der Waals surface area contributed by atoms with Gasteiger partial charge in [0.1, 0.15) is 5.75 Å². The van der Waals surface area contributed by atoms with Crippen LogP contribution in [-0.2, 0) is 6.42 Å². The van der Waals surface area contributed by atoms with Gasteiger partial charge in [-0.05, 0) is 50.4 Å². The molecule has 1 N–H and O–H groups in total. The van der Waals surface area contributed by atoms with E-state index in [1.807, 2.05) is 0 Å². The maximum Gasteiger partial charge on any atom is 0.573 e. The highest BCUT2D eigenvalue weighted by Crippen LogP contribution is 2.26. The van der Waals surface area contributed by atoms with Crippen LogP contribution in [-0.4, -0.2) is 18.4 Å². The van der Waals surface area contributed by atoms with Crippen LogP contribution in [0.2, 0.25) is 0 Å². The van der Waals surface area contributed by atoms with E-state index in [0.717, 1.165) is 31.4 Å². The highest BCUT2D eigenvalue weighted by Gasteiger charge is 2.31. The average molecular weight is 296 g/mol. The first-order valence-corrected chi connectivity index (χ1v) is 5.96. The van der Waals surface area contributed by atoms with E-state index in [-0.39, 0.29) is 23.7 Å². The minimum absolute atomic E-state index is 0. The van der Waals surface area contributed by atoms with E-state index in [0.29, 0.717) is 0 Å². The van der Waals surface area contributed by atoms with E-state index in [1.54, 1.807) is 12.1 Å². The fourth-order valence-electron chi connectivity index (χ4n) is 2.37. The molecule has 0 bridgehead atoms. The zero-order valence-electron chi connectivity index (χ0n) is 10.6. The second-order valence-corrected chi connectivity index (χ2v) is 4.96. The van der Waals surface area contributed by atoms with Crippen molar-refractivity contribution >= 4 is 12.4 Å². The molecule has 1 aromatic carbocycles. The van der Waals surface area contributed by atoms with E-state index in [1.165, 1.54) is 12.1 Å². The normalized spacial score (nSPS) is 22.9. The van der Waals surface area contributed by atoms with E-state index >= 15 is 0 Å². The Morgan fingerprint density at radius 3 is 2.37 bits per heavy atom. The van der Waals surface area contributed by atoms with Gasteiger partial charge in [0.05, 0.1) is 0 Å². The van der Waals surface area contributed by atoms with Crippen LogP contribution in [0.4, 0.5) is 13.2 Å². The van der Waals surface area contributed by atoms with Crippen molar-refractivity contribution in [3.05, 3.63) is 29.8 Å². The lowest BCUT2D eigenvalue weighted by molar-refractivity contribution is -0.274. The van der Waals surface area contributed by atoms with Crippen LogP contribution >= 0.6 is 12.4 Å². The van der Waals surface area contributed by atoms with Crippen molar-refractivity contribution in [3.8, 4) is 5.75 Å². The van der Waals surface area contributed by atoms with Gasteiger partial charge in [0, 0.05) is 5.54 Å². The van der Waals surface area contributed by atoms with Gasteiger partial charge in [-0.15, -0.1) is 25.6 Å². The molecule has 1 aliphatic rings. The first-order chi connectivity index (χ1) is 8.36. The molecule has 1 aromatic rings. The zero-order valence-corrected chi connectivity index (χ0v) is 11.4. The molecule has 0 aromatic heterocycles. The monoisotopic (exact) mass is 295 g/mol. The molecule has 1 heterocycles. The number of alkyl halides is 3. The number of nitrogens with one attached hydrogen (secondary N) is 1. The summed E-state index contributed by atoms with van der Waals surface area (Å²) in [6.45, 7) is 3.14. The Morgan fingerprint density at radius 1 is 1.26 bits per heavy atom. The van der Waals surface area contributed by atoms with Gasteiger partial charge in [-0.1, -0.05) is 12.1 Å². The van der Waals surface area contributed by atoms with Crippen LogP contribution in [0.1, 0.15) is 25.3 Å². The Hall–Kier alpha value is -0.940. The molecule has 0 aliphatic carbocycles. The molecule has 1 unspecified atom stereocenters. The minimum atomic E-state index is -4.62.